The molecule has 6 heteroatoms. The average Bonchev–Trinajstić information content (AvgIpc) is 2.38. The van der Waals surface area contributed by atoms with Gasteiger partial charge in [-0.2, -0.15) is 0 Å². The second kappa shape index (κ2) is 5.58. The van der Waals surface area contributed by atoms with Gasteiger partial charge in [-0.05, 0) is 35.1 Å². The molecule has 98 valence electrons. The van der Waals surface area contributed by atoms with Crippen molar-refractivity contribution >= 4 is 27.5 Å². The van der Waals surface area contributed by atoms with Crippen LogP contribution in [0.15, 0.2) is 27.8 Å². The molecule has 0 unspecified atom stereocenters. The van der Waals surface area contributed by atoms with Gasteiger partial charge in [0.2, 0.25) is 0 Å². The summed E-state index contributed by atoms with van der Waals surface area (Å²) in [5, 5.41) is 12.0. The Hall–Kier alpha value is -1.27. The van der Waals surface area contributed by atoms with Crippen molar-refractivity contribution in [2.75, 3.05) is 38.1 Å². The molecule has 5 nitrogen and oxygen atoms in total. The van der Waals surface area contributed by atoms with Crippen molar-refractivity contribution in [3.05, 3.63) is 28.2 Å². The zero-order valence-corrected chi connectivity index (χ0v) is 11.9. The van der Waals surface area contributed by atoms with E-state index in [1.807, 2.05) is 18.2 Å². The van der Waals surface area contributed by atoms with Crippen LogP contribution < -0.4 is 10.6 Å². The molecule has 3 N–H and O–H groups in total. The summed E-state index contributed by atoms with van der Waals surface area (Å²) in [5.41, 5.74) is 7.52. The van der Waals surface area contributed by atoms with Gasteiger partial charge in [0, 0.05) is 36.3 Å². The van der Waals surface area contributed by atoms with Crippen LogP contribution in [0, 0.1) is 0 Å². The summed E-state index contributed by atoms with van der Waals surface area (Å²) in [6.45, 7) is 3.92. The molecular formula is C12H17BrN4O. The van der Waals surface area contributed by atoms with E-state index in [9.17, 15) is 0 Å². The third-order valence-electron chi connectivity index (χ3n) is 3.20. The Morgan fingerprint density at radius 3 is 2.61 bits per heavy atom. The van der Waals surface area contributed by atoms with Crippen molar-refractivity contribution in [1.82, 2.24) is 4.90 Å². The molecular weight excluding hydrogens is 296 g/mol. The minimum Gasteiger partial charge on any atom is -0.409 e. The number of amidine groups is 1. The number of nitrogens with zero attached hydrogens (tertiary/aromatic N) is 3. The fourth-order valence-electron chi connectivity index (χ4n) is 2.13. The monoisotopic (exact) mass is 312 g/mol. The first kappa shape index (κ1) is 13.2. The highest BCUT2D eigenvalue weighted by atomic mass is 79.9. The number of benzene rings is 1. The number of halogens is 1. The zero-order chi connectivity index (χ0) is 13.1. The van der Waals surface area contributed by atoms with Gasteiger partial charge in [0.1, 0.15) is 0 Å². The highest BCUT2D eigenvalue weighted by molar-refractivity contribution is 9.10. The van der Waals surface area contributed by atoms with Crippen LogP contribution in [0.5, 0.6) is 0 Å². The van der Waals surface area contributed by atoms with Crippen molar-refractivity contribution in [2.24, 2.45) is 10.9 Å². The van der Waals surface area contributed by atoms with E-state index < -0.39 is 0 Å². The van der Waals surface area contributed by atoms with E-state index in [1.165, 1.54) is 0 Å². The van der Waals surface area contributed by atoms with E-state index in [2.05, 4.69) is 37.9 Å². The number of nitrogens with two attached hydrogens (primary N) is 1. The van der Waals surface area contributed by atoms with Gasteiger partial charge >= 0.3 is 0 Å². The zero-order valence-electron chi connectivity index (χ0n) is 10.3. The van der Waals surface area contributed by atoms with Crippen LogP contribution in [0.4, 0.5) is 5.69 Å². The average molecular weight is 313 g/mol. The predicted molar refractivity (Wildman–Crippen MR) is 76.4 cm³/mol. The topological polar surface area (TPSA) is 65.1 Å². The smallest absolute Gasteiger partial charge is 0.173 e. The molecule has 0 saturated carbocycles. The molecule has 1 aromatic rings. The molecule has 1 aliphatic heterocycles. The Bertz CT molecular complexity index is 455. The first-order chi connectivity index (χ1) is 8.63. The van der Waals surface area contributed by atoms with E-state index in [0.29, 0.717) is 0 Å². The largest absolute Gasteiger partial charge is 0.409 e. The molecule has 1 fully saturated rings. The molecule has 0 amide bonds. The number of oxime groups is 1. The number of likely N-dealkylation sites (N-methyl/N-ethyl adjacent to an activating group) is 1. The first-order valence-corrected chi connectivity index (χ1v) is 6.62. The van der Waals surface area contributed by atoms with E-state index in [-0.39, 0.29) is 5.84 Å². The van der Waals surface area contributed by atoms with Gasteiger partial charge in [-0.3, -0.25) is 0 Å². The van der Waals surface area contributed by atoms with Crippen LogP contribution in [0.2, 0.25) is 0 Å². The van der Waals surface area contributed by atoms with E-state index in [4.69, 9.17) is 10.9 Å². The van der Waals surface area contributed by atoms with Gasteiger partial charge in [0.05, 0.1) is 5.56 Å². The number of piperazine rings is 1. The third-order valence-corrected chi connectivity index (χ3v) is 3.86. The lowest BCUT2D eigenvalue weighted by Crippen LogP contribution is -2.45. The summed E-state index contributed by atoms with van der Waals surface area (Å²) in [4.78, 5) is 4.55. The lowest BCUT2D eigenvalue weighted by Gasteiger charge is -2.35. The van der Waals surface area contributed by atoms with E-state index in [0.717, 1.165) is 41.9 Å². The summed E-state index contributed by atoms with van der Waals surface area (Å²) in [6, 6.07) is 5.86. The number of hydrogen-bond acceptors (Lipinski definition) is 4. The SMILES string of the molecule is CN1CCN(c2cccc(Br)c2/C(N)=N/O)CC1. The summed E-state index contributed by atoms with van der Waals surface area (Å²) >= 11 is 3.46. The van der Waals surface area contributed by atoms with Gasteiger partial charge in [-0.1, -0.05) is 11.2 Å². The maximum atomic E-state index is 8.89. The molecule has 2 rings (SSSR count). The van der Waals surface area contributed by atoms with Crippen molar-refractivity contribution in [1.29, 1.82) is 0 Å². The Kier molecular flexibility index (Phi) is 4.08. The van der Waals surface area contributed by atoms with Crippen molar-refractivity contribution in [2.45, 2.75) is 0 Å². The predicted octanol–water partition coefficient (Wildman–Crippen LogP) is 1.30. The summed E-state index contributed by atoms with van der Waals surface area (Å²) in [6.07, 6.45) is 0. The molecule has 1 heterocycles. The quantitative estimate of drug-likeness (QED) is 0.374. The fourth-order valence-corrected chi connectivity index (χ4v) is 2.69. The summed E-state index contributed by atoms with van der Waals surface area (Å²) in [7, 11) is 2.11. The van der Waals surface area contributed by atoms with Crippen molar-refractivity contribution < 1.29 is 5.21 Å². The maximum Gasteiger partial charge on any atom is 0.173 e. The molecule has 0 spiro atoms. The van der Waals surface area contributed by atoms with Crippen LogP contribution in [-0.4, -0.2) is 49.2 Å². The molecule has 1 aromatic carbocycles. The summed E-state index contributed by atoms with van der Waals surface area (Å²) < 4.78 is 0.842. The maximum absolute atomic E-state index is 8.89. The van der Waals surface area contributed by atoms with Gasteiger partial charge in [0.25, 0.3) is 0 Å². The molecule has 18 heavy (non-hydrogen) atoms. The molecule has 0 bridgehead atoms. The van der Waals surface area contributed by atoms with Gasteiger partial charge in [-0.25, -0.2) is 0 Å². The third kappa shape index (κ3) is 2.59. The lowest BCUT2D eigenvalue weighted by atomic mass is 10.1. The summed E-state index contributed by atoms with van der Waals surface area (Å²) in [5.74, 6) is 0.136. The molecule has 1 aliphatic rings. The van der Waals surface area contributed by atoms with Crippen LogP contribution >= 0.6 is 15.9 Å². The second-order valence-electron chi connectivity index (χ2n) is 4.41. The van der Waals surface area contributed by atoms with Gasteiger partial charge in [-0.15, -0.1) is 0 Å². The van der Waals surface area contributed by atoms with E-state index in [1.54, 1.807) is 0 Å². The second-order valence-corrected chi connectivity index (χ2v) is 5.26. The molecule has 0 atom stereocenters. The van der Waals surface area contributed by atoms with Gasteiger partial charge < -0.3 is 20.7 Å². The lowest BCUT2D eigenvalue weighted by molar-refractivity contribution is 0.312. The first-order valence-electron chi connectivity index (χ1n) is 5.83. The van der Waals surface area contributed by atoms with Crippen LogP contribution in [0.1, 0.15) is 5.56 Å². The number of anilines is 1. The standard InChI is InChI=1S/C12H17BrN4O/c1-16-5-7-17(8-6-16)10-4-2-3-9(13)11(10)12(14)15-18/h2-4,18H,5-8H2,1H3,(H2,14,15). The Morgan fingerprint density at radius 1 is 1.33 bits per heavy atom. The normalized spacial score (nSPS) is 18.1. The molecule has 0 radical (unpaired) electrons. The molecule has 0 aliphatic carbocycles. The minimum atomic E-state index is 0.136. The highest BCUT2D eigenvalue weighted by Crippen LogP contribution is 2.28. The van der Waals surface area contributed by atoms with Gasteiger partial charge in [0.15, 0.2) is 5.84 Å². The Labute approximate surface area is 115 Å². The van der Waals surface area contributed by atoms with Crippen LogP contribution in [0.25, 0.3) is 0 Å². The minimum absolute atomic E-state index is 0.136. The molecule has 0 aromatic heterocycles. The Balaban J connectivity index is 2.35. The Morgan fingerprint density at radius 2 is 2.00 bits per heavy atom. The van der Waals surface area contributed by atoms with Crippen molar-refractivity contribution in [3.8, 4) is 0 Å². The number of rotatable bonds is 2. The van der Waals surface area contributed by atoms with Crippen LogP contribution in [0.3, 0.4) is 0 Å². The molecule has 1 saturated heterocycles. The number of hydrogen-bond donors (Lipinski definition) is 2. The van der Waals surface area contributed by atoms with Crippen LogP contribution in [-0.2, 0) is 0 Å². The highest BCUT2D eigenvalue weighted by Gasteiger charge is 2.20. The fraction of sp³-hybridized carbons (Fsp3) is 0.417. The van der Waals surface area contributed by atoms with Crippen molar-refractivity contribution in [3.63, 3.8) is 0 Å². The van der Waals surface area contributed by atoms with E-state index >= 15 is 0 Å².